The highest BCUT2D eigenvalue weighted by Crippen LogP contribution is 2.51. The number of benzene rings is 6. The standard InChI is InChI=1S/C42H29N3/c1-42(2)33-17-6-3-14-28(33)31-24-39-32(23-34(31)42)29-15-4-8-19-36(29)44(39)27-13-11-12-26(22-27)41-30-16-5-9-20-37(30)45-38-21-10-7-18-35(38)43-25-40(41)45/h3-25H,1-2H3. The monoisotopic (exact) mass is 575 g/mol. The summed E-state index contributed by atoms with van der Waals surface area (Å²) in [6.07, 6.45) is 2.04. The molecule has 3 heterocycles. The van der Waals surface area contributed by atoms with E-state index in [2.05, 4.69) is 156 Å². The lowest BCUT2D eigenvalue weighted by molar-refractivity contribution is 0.661. The average molecular weight is 576 g/mol. The first kappa shape index (κ1) is 24.7. The fraction of sp³-hybridized carbons (Fsp3) is 0.0714. The molecule has 1 aliphatic rings. The van der Waals surface area contributed by atoms with Crippen molar-refractivity contribution in [2.24, 2.45) is 0 Å². The van der Waals surface area contributed by atoms with Crippen molar-refractivity contribution in [2.75, 3.05) is 0 Å². The van der Waals surface area contributed by atoms with Crippen LogP contribution in [0.2, 0.25) is 0 Å². The van der Waals surface area contributed by atoms with Crippen molar-refractivity contribution in [2.45, 2.75) is 19.3 Å². The normalized spacial score (nSPS) is 13.7. The molecule has 3 heteroatoms. The molecule has 6 aromatic carbocycles. The first-order valence-corrected chi connectivity index (χ1v) is 15.6. The molecule has 0 spiro atoms. The molecule has 3 aromatic heterocycles. The highest BCUT2D eigenvalue weighted by Gasteiger charge is 2.36. The van der Waals surface area contributed by atoms with Gasteiger partial charge in [-0.1, -0.05) is 98.8 Å². The fourth-order valence-corrected chi connectivity index (χ4v) is 8.08. The molecule has 0 atom stereocenters. The molecule has 0 saturated carbocycles. The van der Waals surface area contributed by atoms with Crippen molar-refractivity contribution < 1.29 is 0 Å². The zero-order valence-electron chi connectivity index (χ0n) is 25.1. The van der Waals surface area contributed by atoms with Gasteiger partial charge < -0.3 is 8.97 Å². The minimum absolute atomic E-state index is 0.0427. The number of rotatable bonds is 2. The zero-order valence-corrected chi connectivity index (χ0v) is 25.1. The first-order valence-electron chi connectivity index (χ1n) is 15.6. The Morgan fingerprint density at radius 2 is 1.24 bits per heavy atom. The Kier molecular flexibility index (Phi) is 4.79. The minimum atomic E-state index is -0.0427. The average Bonchev–Trinajstić information content (AvgIpc) is 3.68. The summed E-state index contributed by atoms with van der Waals surface area (Å²) in [5.74, 6) is 0. The molecule has 0 radical (unpaired) electrons. The number of hydrogen-bond acceptors (Lipinski definition) is 1. The highest BCUT2D eigenvalue weighted by atomic mass is 15.0. The fourth-order valence-electron chi connectivity index (χ4n) is 8.08. The summed E-state index contributed by atoms with van der Waals surface area (Å²) in [6.45, 7) is 4.72. The molecule has 45 heavy (non-hydrogen) atoms. The molecule has 212 valence electrons. The van der Waals surface area contributed by atoms with Crippen molar-refractivity contribution in [3.05, 3.63) is 151 Å². The Hall–Kier alpha value is -5.67. The van der Waals surface area contributed by atoms with Crippen LogP contribution in [0.25, 0.3) is 77.2 Å². The van der Waals surface area contributed by atoms with E-state index >= 15 is 0 Å². The number of fused-ring (bicyclic) bond motifs is 11. The lowest BCUT2D eigenvalue weighted by Gasteiger charge is -2.21. The third-order valence-corrected chi connectivity index (χ3v) is 10.1. The van der Waals surface area contributed by atoms with Crippen molar-refractivity contribution >= 4 is 49.3 Å². The predicted molar refractivity (Wildman–Crippen MR) is 188 cm³/mol. The van der Waals surface area contributed by atoms with Crippen LogP contribution in [0, 0.1) is 0 Å². The van der Waals surface area contributed by atoms with E-state index < -0.39 is 0 Å². The number of nitrogens with zero attached hydrogens (tertiary/aromatic N) is 3. The Labute approximate surface area is 260 Å². The molecule has 0 fully saturated rings. The van der Waals surface area contributed by atoms with Crippen LogP contribution >= 0.6 is 0 Å². The van der Waals surface area contributed by atoms with Crippen LogP contribution in [0.3, 0.4) is 0 Å². The molecule has 0 saturated heterocycles. The van der Waals surface area contributed by atoms with E-state index in [0.717, 1.165) is 22.2 Å². The number of hydrogen-bond donors (Lipinski definition) is 0. The predicted octanol–water partition coefficient (Wildman–Crippen LogP) is 10.7. The van der Waals surface area contributed by atoms with Gasteiger partial charge >= 0.3 is 0 Å². The van der Waals surface area contributed by atoms with Crippen molar-refractivity contribution in [1.82, 2.24) is 14.0 Å². The summed E-state index contributed by atoms with van der Waals surface area (Å²) >= 11 is 0. The maximum Gasteiger partial charge on any atom is 0.0871 e. The molecule has 1 aliphatic carbocycles. The van der Waals surface area contributed by atoms with Gasteiger partial charge in [-0.15, -0.1) is 0 Å². The van der Waals surface area contributed by atoms with E-state index in [1.165, 1.54) is 66.1 Å². The summed E-state index contributed by atoms with van der Waals surface area (Å²) in [5, 5.41) is 3.81. The van der Waals surface area contributed by atoms with Gasteiger partial charge in [-0.3, -0.25) is 4.98 Å². The smallest absolute Gasteiger partial charge is 0.0871 e. The largest absolute Gasteiger partial charge is 0.309 e. The van der Waals surface area contributed by atoms with E-state index in [9.17, 15) is 0 Å². The molecule has 10 rings (SSSR count). The molecular weight excluding hydrogens is 546 g/mol. The van der Waals surface area contributed by atoms with Crippen molar-refractivity contribution in [3.63, 3.8) is 0 Å². The van der Waals surface area contributed by atoms with E-state index in [0.29, 0.717) is 0 Å². The Bertz CT molecular complexity index is 2680. The maximum absolute atomic E-state index is 4.88. The van der Waals surface area contributed by atoms with Gasteiger partial charge in [0.1, 0.15) is 0 Å². The second-order valence-electron chi connectivity index (χ2n) is 12.8. The third-order valence-electron chi connectivity index (χ3n) is 10.1. The van der Waals surface area contributed by atoms with Crippen LogP contribution < -0.4 is 0 Å². The third kappa shape index (κ3) is 3.22. The summed E-state index contributed by atoms with van der Waals surface area (Å²) in [5.41, 5.74) is 15.9. The topological polar surface area (TPSA) is 22.2 Å². The lowest BCUT2D eigenvalue weighted by atomic mass is 9.82. The van der Waals surface area contributed by atoms with Gasteiger partial charge in [-0.05, 0) is 76.3 Å². The maximum atomic E-state index is 4.88. The molecule has 0 bridgehead atoms. The van der Waals surface area contributed by atoms with Gasteiger partial charge in [0, 0.05) is 32.8 Å². The summed E-state index contributed by atoms with van der Waals surface area (Å²) in [7, 11) is 0. The summed E-state index contributed by atoms with van der Waals surface area (Å²) in [4.78, 5) is 4.88. The molecule has 0 unspecified atom stereocenters. The van der Waals surface area contributed by atoms with Gasteiger partial charge in [0.05, 0.1) is 39.3 Å². The summed E-state index contributed by atoms with van der Waals surface area (Å²) in [6, 6.07) is 48.8. The summed E-state index contributed by atoms with van der Waals surface area (Å²) < 4.78 is 4.82. The number of para-hydroxylation sites is 4. The second kappa shape index (κ2) is 8.71. The van der Waals surface area contributed by atoms with Crippen LogP contribution in [-0.2, 0) is 5.41 Å². The van der Waals surface area contributed by atoms with Crippen molar-refractivity contribution in [1.29, 1.82) is 0 Å². The molecule has 3 nitrogen and oxygen atoms in total. The lowest BCUT2D eigenvalue weighted by Crippen LogP contribution is -2.14. The quantitative estimate of drug-likeness (QED) is 0.201. The Morgan fingerprint density at radius 1 is 0.511 bits per heavy atom. The van der Waals surface area contributed by atoms with Crippen LogP contribution in [-0.4, -0.2) is 14.0 Å². The van der Waals surface area contributed by atoms with E-state index in [4.69, 9.17) is 4.98 Å². The molecule has 9 aromatic rings. The molecular formula is C42H29N3. The van der Waals surface area contributed by atoms with Crippen molar-refractivity contribution in [3.8, 4) is 27.9 Å². The van der Waals surface area contributed by atoms with Gasteiger partial charge in [-0.2, -0.15) is 0 Å². The molecule has 0 N–H and O–H groups in total. The SMILES string of the molecule is CC1(C)c2ccccc2-c2cc3c(cc21)c1ccccc1n3-c1cccc(-c2c3ccccc3n3c2cnc2ccccc23)c1. The van der Waals surface area contributed by atoms with Crippen LogP contribution in [0.5, 0.6) is 0 Å². The first-order chi connectivity index (χ1) is 22.1. The van der Waals surface area contributed by atoms with Gasteiger partial charge in [0.25, 0.3) is 0 Å². The van der Waals surface area contributed by atoms with Gasteiger partial charge in [-0.25, -0.2) is 0 Å². The zero-order chi connectivity index (χ0) is 29.9. The van der Waals surface area contributed by atoms with Crippen LogP contribution in [0.4, 0.5) is 0 Å². The van der Waals surface area contributed by atoms with E-state index in [1.54, 1.807) is 0 Å². The number of aromatic nitrogens is 3. The van der Waals surface area contributed by atoms with Gasteiger partial charge in [0.15, 0.2) is 0 Å². The van der Waals surface area contributed by atoms with Crippen LogP contribution in [0.1, 0.15) is 25.0 Å². The molecule has 0 aliphatic heterocycles. The van der Waals surface area contributed by atoms with Crippen LogP contribution in [0.15, 0.2) is 140 Å². The Morgan fingerprint density at radius 3 is 2.13 bits per heavy atom. The van der Waals surface area contributed by atoms with E-state index in [1.807, 2.05) is 6.20 Å². The van der Waals surface area contributed by atoms with Gasteiger partial charge in [0.2, 0.25) is 0 Å². The molecule has 0 amide bonds. The highest BCUT2D eigenvalue weighted by molar-refractivity contribution is 6.12. The second-order valence-corrected chi connectivity index (χ2v) is 12.8. The van der Waals surface area contributed by atoms with E-state index in [-0.39, 0.29) is 5.41 Å². The minimum Gasteiger partial charge on any atom is -0.309 e. The Balaban J connectivity index is 1.27.